The minimum absolute atomic E-state index is 0.171. The average molecular weight is 352 g/mol. The van der Waals surface area contributed by atoms with Crippen LogP contribution in [0.15, 0.2) is 58.4 Å². The van der Waals surface area contributed by atoms with Crippen LogP contribution >= 0.6 is 11.8 Å². The lowest BCUT2D eigenvalue weighted by atomic mass is 10.1. The zero-order chi connectivity index (χ0) is 17.8. The third kappa shape index (κ3) is 4.16. The molecule has 2 aromatic carbocycles. The van der Waals surface area contributed by atoms with Gasteiger partial charge in [0, 0.05) is 0 Å². The quantitative estimate of drug-likeness (QED) is 0.676. The lowest BCUT2D eigenvalue weighted by Gasteiger charge is -2.00. The summed E-state index contributed by atoms with van der Waals surface area (Å²) < 4.78 is 4.66. The number of benzene rings is 2. The third-order valence-electron chi connectivity index (χ3n) is 3.55. The number of ether oxygens (including phenoxy) is 1. The topological polar surface area (TPSA) is 67.8 Å². The van der Waals surface area contributed by atoms with Crippen LogP contribution in [0.25, 0.3) is 6.08 Å². The van der Waals surface area contributed by atoms with Crippen LogP contribution < -0.4 is 5.32 Å². The van der Waals surface area contributed by atoms with E-state index in [4.69, 9.17) is 0 Å². The van der Waals surface area contributed by atoms with Gasteiger partial charge < -0.3 is 10.1 Å². The smallest absolute Gasteiger partial charge is 0.337 e. The van der Waals surface area contributed by atoms with Crippen molar-refractivity contribution in [3.63, 3.8) is 0 Å². The van der Waals surface area contributed by atoms with E-state index < -0.39 is 5.97 Å². The zero-order valence-corrected chi connectivity index (χ0v) is 14.6. The number of hydrogen-bond acceptors (Lipinski definition) is 5. The number of amidine groups is 1. The first kappa shape index (κ1) is 17.0. The van der Waals surface area contributed by atoms with Crippen molar-refractivity contribution < 1.29 is 14.3 Å². The molecule has 0 aromatic heterocycles. The molecule has 1 aliphatic rings. The molecule has 1 heterocycles. The first-order valence-electron chi connectivity index (χ1n) is 7.60. The molecule has 0 radical (unpaired) electrons. The van der Waals surface area contributed by atoms with E-state index in [1.54, 1.807) is 24.3 Å². The number of aliphatic imine (C=N–C) groups is 1. The Bertz CT molecular complexity index is 869. The van der Waals surface area contributed by atoms with Crippen molar-refractivity contribution in [2.45, 2.75) is 6.92 Å². The predicted octanol–water partition coefficient (Wildman–Crippen LogP) is 3.67. The molecule has 1 fully saturated rings. The summed E-state index contributed by atoms with van der Waals surface area (Å²) in [6.07, 6.45) is 1.84. The second-order valence-electron chi connectivity index (χ2n) is 5.43. The molecule has 2 aromatic rings. The van der Waals surface area contributed by atoms with Gasteiger partial charge in [0.1, 0.15) is 0 Å². The van der Waals surface area contributed by atoms with Crippen molar-refractivity contribution in [1.29, 1.82) is 0 Å². The van der Waals surface area contributed by atoms with Gasteiger partial charge in [0.2, 0.25) is 0 Å². The molecular formula is C19H16N2O3S. The molecule has 0 unspecified atom stereocenters. The molecule has 0 bridgehead atoms. The van der Waals surface area contributed by atoms with Gasteiger partial charge in [0.25, 0.3) is 5.91 Å². The number of nitrogens with one attached hydrogen (secondary N) is 1. The predicted molar refractivity (Wildman–Crippen MR) is 99.8 cm³/mol. The SMILES string of the molecule is COC(=O)c1ccc(N=C2NC(=O)/C(=C/c3ccc(C)cc3)S2)cc1. The molecule has 0 saturated carbocycles. The van der Waals surface area contributed by atoms with Crippen LogP contribution in [0.1, 0.15) is 21.5 Å². The largest absolute Gasteiger partial charge is 0.465 e. The second-order valence-corrected chi connectivity index (χ2v) is 6.46. The molecule has 5 nitrogen and oxygen atoms in total. The fourth-order valence-electron chi connectivity index (χ4n) is 2.20. The molecular weight excluding hydrogens is 336 g/mol. The summed E-state index contributed by atoms with van der Waals surface area (Å²) >= 11 is 1.29. The van der Waals surface area contributed by atoms with E-state index in [2.05, 4.69) is 15.0 Å². The first-order valence-corrected chi connectivity index (χ1v) is 8.41. The van der Waals surface area contributed by atoms with Crippen LogP contribution in [-0.2, 0) is 9.53 Å². The number of carbonyl (C=O) groups is 2. The van der Waals surface area contributed by atoms with Gasteiger partial charge >= 0.3 is 5.97 Å². The van der Waals surface area contributed by atoms with Crippen molar-refractivity contribution >= 4 is 40.6 Å². The van der Waals surface area contributed by atoms with Gasteiger partial charge in [-0.1, -0.05) is 29.8 Å². The van der Waals surface area contributed by atoms with Gasteiger partial charge in [0.15, 0.2) is 5.17 Å². The molecule has 0 spiro atoms. The number of esters is 1. The lowest BCUT2D eigenvalue weighted by Crippen LogP contribution is -2.19. The Morgan fingerprint density at radius 3 is 2.44 bits per heavy atom. The third-order valence-corrected chi connectivity index (χ3v) is 4.45. The summed E-state index contributed by atoms with van der Waals surface area (Å²) in [6, 6.07) is 14.6. The van der Waals surface area contributed by atoms with Crippen molar-refractivity contribution in [3.8, 4) is 0 Å². The number of carbonyl (C=O) groups excluding carboxylic acids is 2. The van der Waals surface area contributed by atoms with Gasteiger partial charge in [-0.2, -0.15) is 0 Å². The summed E-state index contributed by atoms with van der Waals surface area (Å²) in [5.41, 5.74) is 3.23. The van der Waals surface area contributed by atoms with E-state index in [1.807, 2.05) is 37.3 Å². The van der Waals surface area contributed by atoms with E-state index in [0.29, 0.717) is 21.3 Å². The summed E-state index contributed by atoms with van der Waals surface area (Å²) in [6.45, 7) is 2.02. The maximum Gasteiger partial charge on any atom is 0.337 e. The van der Waals surface area contributed by atoms with E-state index in [0.717, 1.165) is 5.56 Å². The Kier molecular flexibility index (Phi) is 5.00. The van der Waals surface area contributed by atoms with Crippen molar-refractivity contribution in [2.75, 3.05) is 7.11 Å². The number of amides is 1. The van der Waals surface area contributed by atoms with Gasteiger partial charge in [-0.3, -0.25) is 4.79 Å². The molecule has 25 heavy (non-hydrogen) atoms. The maximum atomic E-state index is 12.1. The van der Waals surface area contributed by atoms with E-state index in [1.165, 1.54) is 24.4 Å². The molecule has 1 saturated heterocycles. The molecule has 1 amide bonds. The first-order chi connectivity index (χ1) is 12.0. The number of rotatable bonds is 3. The summed E-state index contributed by atoms with van der Waals surface area (Å²) in [7, 11) is 1.34. The highest BCUT2D eigenvalue weighted by molar-refractivity contribution is 8.18. The molecule has 6 heteroatoms. The highest BCUT2D eigenvalue weighted by atomic mass is 32.2. The Morgan fingerprint density at radius 1 is 1.12 bits per heavy atom. The molecule has 1 aliphatic heterocycles. The Balaban J connectivity index is 1.76. The summed E-state index contributed by atoms with van der Waals surface area (Å²) in [5.74, 6) is -0.568. The monoisotopic (exact) mass is 352 g/mol. The van der Waals surface area contributed by atoms with Crippen LogP contribution in [0.4, 0.5) is 5.69 Å². The molecule has 1 N–H and O–H groups in total. The van der Waals surface area contributed by atoms with Gasteiger partial charge in [-0.15, -0.1) is 0 Å². The number of hydrogen-bond donors (Lipinski definition) is 1. The van der Waals surface area contributed by atoms with Gasteiger partial charge in [-0.25, -0.2) is 9.79 Å². The Labute approximate surface area is 149 Å². The standard InChI is InChI=1S/C19H16N2O3S/c1-12-3-5-13(6-4-12)11-16-17(22)21-19(25-16)20-15-9-7-14(8-10-15)18(23)24-2/h3-11H,1-2H3,(H,20,21,22)/b16-11-. The highest BCUT2D eigenvalue weighted by Gasteiger charge is 2.23. The summed E-state index contributed by atoms with van der Waals surface area (Å²) in [4.78, 5) is 28.5. The molecule has 3 rings (SSSR count). The van der Waals surface area contributed by atoms with Crippen LogP contribution in [0.3, 0.4) is 0 Å². The van der Waals surface area contributed by atoms with Crippen LogP contribution in [0.2, 0.25) is 0 Å². The maximum absolute atomic E-state index is 12.1. The van der Waals surface area contributed by atoms with Gasteiger partial charge in [0.05, 0.1) is 23.3 Å². The molecule has 0 atom stereocenters. The fourth-order valence-corrected chi connectivity index (χ4v) is 3.04. The van der Waals surface area contributed by atoms with E-state index in [9.17, 15) is 9.59 Å². The Hall–Kier alpha value is -2.86. The van der Waals surface area contributed by atoms with Crippen molar-refractivity contribution in [3.05, 3.63) is 70.1 Å². The minimum atomic E-state index is -0.397. The van der Waals surface area contributed by atoms with Crippen molar-refractivity contribution in [2.24, 2.45) is 4.99 Å². The minimum Gasteiger partial charge on any atom is -0.465 e. The number of thioether (sulfide) groups is 1. The number of aryl methyl sites for hydroxylation is 1. The van der Waals surface area contributed by atoms with Gasteiger partial charge in [-0.05, 0) is 54.6 Å². The number of nitrogens with zero attached hydrogens (tertiary/aromatic N) is 1. The van der Waals surface area contributed by atoms with Crippen LogP contribution in [0, 0.1) is 6.92 Å². The normalized spacial score (nSPS) is 17.0. The summed E-state index contributed by atoms with van der Waals surface area (Å²) in [5, 5.41) is 3.26. The zero-order valence-electron chi connectivity index (χ0n) is 13.8. The lowest BCUT2D eigenvalue weighted by molar-refractivity contribution is -0.115. The fraction of sp³-hybridized carbons (Fsp3) is 0.105. The average Bonchev–Trinajstić information content (AvgIpc) is 2.96. The highest BCUT2D eigenvalue weighted by Crippen LogP contribution is 2.28. The van der Waals surface area contributed by atoms with E-state index in [-0.39, 0.29) is 5.91 Å². The van der Waals surface area contributed by atoms with Crippen LogP contribution in [-0.4, -0.2) is 24.2 Å². The Morgan fingerprint density at radius 2 is 1.80 bits per heavy atom. The second kappa shape index (κ2) is 7.36. The number of methoxy groups -OCH3 is 1. The van der Waals surface area contributed by atoms with Crippen LogP contribution in [0.5, 0.6) is 0 Å². The van der Waals surface area contributed by atoms with Crippen molar-refractivity contribution in [1.82, 2.24) is 5.32 Å². The molecule has 126 valence electrons. The van der Waals surface area contributed by atoms with E-state index >= 15 is 0 Å². The molecule has 0 aliphatic carbocycles.